The number of aliphatic carboxylic acids is 2. The molecule has 0 aromatic carbocycles. The minimum atomic E-state index is -0.903. The third-order valence-electron chi connectivity index (χ3n) is 11.0. The van der Waals surface area contributed by atoms with E-state index in [0.717, 1.165) is 38.0 Å². The van der Waals surface area contributed by atoms with Gasteiger partial charge in [0.05, 0.1) is 6.10 Å². The van der Waals surface area contributed by atoms with Crippen LogP contribution in [-0.4, -0.2) is 46.2 Å². The fraction of sp³-hybridized carbons (Fsp3) is 0.957. The first-order valence-corrected chi connectivity index (χ1v) is 22.7. The van der Waals surface area contributed by atoms with Crippen LogP contribution in [0.5, 0.6) is 0 Å². The Hall–Kier alpha value is -0.334. The molecule has 52 heavy (non-hydrogen) atoms. The van der Waals surface area contributed by atoms with Crippen LogP contribution < -0.4 is 10.2 Å². The van der Waals surface area contributed by atoms with Gasteiger partial charge in [-0.15, -0.1) is 0 Å². The normalized spacial score (nSPS) is 16.7. The molecule has 1 fully saturated rings. The van der Waals surface area contributed by atoms with Crippen LogP contribution in [0, 0.1) is 17.8 Å². The average Bonchev–Trinajstić information content (AvgIpc) is 3.08. The largest absolute Gasteiger partial charge is 2.00 e. The van der Waals surface area contributed by atoms with Crippen LogP contribution in [0.15, 0.2) is 0 Å². The van der Waals surface area contributed by atoms with Gasteiger partial charge in [0.2, 0.25) is 0 Å². The maximum atomic E-state index is 10.2. The summed E-state index contributed by atoms with van der Waals surface area (Å²) in [6.45, 7) is 11.2. The van der Waals surface area contributed by atoms with E-state index in [2.05, 4.69) is 34.6 Å². The van der Waals surface area contributed by atoms with Crippen molar-refractivity contribution < 1.29 is 24.9 Å². The van der Waals surface area contributed by atoms with Gasteiger partial charge in [0.15, 0.2) is 0 Å². The molecule has 3 unspecified atom stereocenters. The van der Waals surface area contributed by atoms with Crippen molar-refractivity contribution in [3.63, 3.8) is 0 Å². The quantitative estimate of drug-likeness (QED) is 0.0532. The molecule has 0 radical (unpaired) electrons. The molecule has 0 heterocycles. The van der Waals surface area contributed by atoms with Crippen LogP contribution in [-0.2, 0) is 9.59 Å². The number of unbranched alkanes of at least 4 members (excludes halogenated alkanes) is 28. The van der Waals surface area contributed by atoms with Crippen molar-refractivity contribution in [3.8, 4) is 0 Å². The fourth-order valence-corrected chi connectivity index (χ4v) is 7.43. The molecule has 306 valence electrons. The molecule has 0 spiro atoms. The van der Waals surface area contributed by atoms with Crippen molar-refractivity contribution in [3.05, 3.63) is 0 Å². The predicted molar refractivity (Wildman–Crippen MR) is 222 cm³/mol. The molecule has 1 rings (SSSR count). The van der Waals surface area contributed by atoms with Gasteiger partial charge in [-0.3, -0.25) is 0 Å². The van der Waals surface area contributed by atoms with Crippen molar-refractivity contribution in [2.45, 2.75) is 265 Å². The SMILES string of the molecule is CC1CCC(C(C)C)C(O)C1.CCCCCCCCCCCCCCCCCC(=O)[O-].CCCCCCCCCCCCCCCCCC(=O)[O-].[Mg+2]. The number of carbonyl (C=O) groups excluding carboxylic acids is 2. The van der Waals surface area contributed by atoms with Crippen molar-refractivity contribution in [2.24, 2.45) is 17.8 Å². The zero-order valence-corrected chi connectivity index (χ0v) is 37.3. The Morgan fingerprint density at radius 3 is 0.962 bits per heavy atom. The van der Waals surface area contributed by atoms with Crippen molar-refractivity contribution in [1.29, 1.82) is 0 Å². The average molecular weight is 748 g/mol. The molecule has 0 aliphatic heterocycles. The van der Waals surface area contributed by atoms with E-state index in [1.807, 2.05) is 0 Å². The predicted octanol–water partition coefficient (Wildman–Crippen LogP) is 12.1. The van der Waals surface area contributed by atoms with Gasteiger partial charge in [0.25, 0.3) is 0 Å². The molecule has 0 amide bonds. The van der Waals surface area contributed by atoms with E-state index < -0.39 is 11.9 Å². The molecule has 0 aromatic rings. The Labute approximate surface area is 341 Å². The van der Waals surface area contributed by atoms with Crippen LogP contribution >= 0.6 is 0 Å². The second-order valence-corrected chi connectivity index (χ2v) is 16.5. The first-order valence-electron chi connectivity index (χ1n) is 22.7. The number of carbonyl (C=O) groups is 2. The summed E-state index contributed by atoms with van der Waals surface area (Å²) in [6, 6.07) is 0. The maximum Gasteiger partial charge on any atom is 2.00 e. The van der Waals surface area contributed by atoms with Gasteiger partial charge in [-0.05, 0) is 56.3 Å². The standard InChI is InChI=1S/2C18H36O2.C10H20O.Mg/c2*1-2-3-4-5-6-7-8-9-10-11-12-13-14-15-16-17-18(19)20;1-7(2)9-5-4-8(3)6-10(9)11;/h2*2-17H2,1H3,(H,19,20);7-11H,4-6H2,1-3H3;/q;;;+2/p-2. The zero-order valence-electron chi connectivity index (χ0n) is 35.8. The maximum absolute atomic E-state index is 10.2. The molecule has 3 atom stereocenters. The molecule has 1 aliphatic carbocycles. The van der Waals surface area contributed by atoms with Crippen LogP contribution in [0.2, 0.25) is 0 Å². The van der Waals surface area contributed by atoms with E-state index >= 15 is 0 Å². The summed E-state index contributed by atoms with van der Waals surface area (Å²) >= 11 is 0. The van der Waals surface area contributed by atoms with Gasteiger partial charge in [-0.2, -0.15) is 0 Å². The number of aliphatic hydroxyl groups is 1. The second kappa shape index (κ2) is 45.1. The van der Waals surface area contributed by atoms with Crippen LogP contribution in [0.1, 0.15) is 259 Å². The minimum Gasteiger partial charge on any atom is -0.550 e. The number of carboxylic acid groups (broad SMARTS) is 2. The van der Waals surface area contributed by atoms with Crippen LogP contribution in [0.4, 0.5) is 0 Å². The summed E-state index contributed by atoms with van der Waals surface area (Å²) < 4.78 is 0. The van der Waals surface area contributed by atoms with Crippen LogP contribution in [0.25, 0.3) is 0 Å². The molecule has 6 heteroatoms. The third-order valence-corrected chi connectivity index (χ3v) is 11.0. The van der Waals surface area contributed by atoms with Gasteiger partial charge in [-0.1, -0.05) is 221 Å². The molecular weight excluding hydrogens is 657 g/mol. The molecule has 1 aliphatic rings. The van der Waals surface area contributed by atoms with Crippen molar-refractivity contribution in [2.75, 3.05) is 0 Å². The summed E-state index contributed by atoms with van der Waals surface area (Å²) in [6.07, 6.45) is 43.2. The fourth-order valence-electron chi connectivity index (χ4n) is 7.43. The Morgan fingerprint density at radius 1 is 0.500 bits per heavy atom. The van der Waals surface area contributed by atoms with E-state index in [1.165, 1.54) is 180 Å². The first kappa shape index (κ1) is 56.0. The number of aliphatic hydroxyl groups excluding tert-OH is 1. The smallest absolute Gasteiger partial charge is 0.550 e. The third kappa shape index (κ3) is 45.8. The van der Waals surface area contributed by atoms with Gasteiger partial charge in [0, 0.05) is 11.9 Å². The van der Waals surface area contributed by atoms with E-state index in [9.17, 15) is 24.9 Å². The molecule has 0 aromatic heterocycles. The van der Waals surface area contributed by atoms with Gasteiger partial charge in [-0.25, -0.2) is 0 Å². The number of hydrogen-bond acceptors (Lipinski definition) is 5. The Morgan fingerprint density at radius 2 is 0.750 bits per heavy atom. The first-order chi connectivity index (χ1) is 24.6. The molecule has 1 N–H and O–H groups in total. The summed E-state index contributed by atoms with van der Waals surface area (Å²) in [5.41, 5.74) is 0. The number of carboxylic acids is 2. The topological polar surface area (TPSA) is 100 Å². The van der Waals surface area contributed by atoms with Crippen molar-refractivity contribution in [1.82, 2.24) is 0 Å². The molecule has 1 saturated carbocycles. The Kier molecular flexibility index (Phi) is 48.5. The zero-order chi connectivity index (χ0) is 38.2. The monoisotopic (exact) mass is 747 g/mol. The molecule has 0 saturated heterocycles. The van der Waals surface area contributed by atoms with E-state index in [4.69, 9.17) is 0 Å². The van der Waals surface area contributed by atoms with Gasteiger partial charge in [0.1, 0.15) is 0 Å². The second-order valence-electron chi connectivity index (χ2n) is 16.5. The summed E-state index contributed by atoms with van der Waals surface area (Å²) in [7, 11) is 0. The van der Waals surface area contributed by atoms with Crippen LogP contribution in [0.3, 0.4) is 0 Å². The number of hydrogen-bond donors (Lipinski definition) is 1. The summed E-state index contributed by atoms with van der Waals surface area (Å²) in [4.78, 5) is 20.4. The number of rotatable bonds is 33. The van der Waals surface area contributed by atoms with Gasteiger partial charge >= 0.3 is 23.1 Å². The Bertz CT molecular complexity index is 671. The van der Waals surface area contributed by atoms with Crippen molar-refractivity contribution >= 4 is 35.0 Å². The van der Waals surface area contributed by atoms with E-state index in [-0.39, 0.29) is 42.0 Å². The van der Waals surface area contributed by atoms with E-state index in [0.29, 0.717) is 11.8 Å². The molecule has 5 nitrogen and oxygen atoms in total. The molecule has 0 bridgehead atoms. The minimum absolute atomic E-state index is 0. The Balaban J connectivity index is -0.000000713. The summed E-state index contributed by atoms with van der Waals surface area (Å²) in [5, 5.41) is 30.2. The summed E-state index contributed by atoms with van der Waals surface area (Å²) in [5.74, 6) is 0.142. The van der Waals surface area contributed by atoms with Gasteiger partial charge < -0.3 is 24.9 Å². The van der Waals surface area contributed by atoms with E-state index in [1.54, 1.807) is 0 Å². The molecular formula is C46H90MgO5.